The predicted molar refractivity (Wildman–Crippen MR) is 72.0 cm³/mol. The van der Waals surface area contributed by atoms with Crippen LogP contribution in [0.2, 0.25) is 0 Å². The van der Waals surface area contributed by atoms with Gasteiger partial charge in [-0.25, -0.2) is 22.2 Å². The van der Waals surface area contributed by atoms with Crippen molar-refractivity contribution in [2.45, 2.75) is 11.8 Å². The number of hydrogen-bond donors (Lipinski definition) is 0. The monoisotopic (exact) mass is 308 g/mol. The van der Waals surface area contributed by atoms with Gasteiger partial charge in [-0.1, -0.05) is 6.92 Å². The van der Waals surface area contributed by atoms with Crippen LogP contribution in [0.5, 0.6) is 0 Å². The van der Waals surface area contributed by atoms with Crippen molar-refractivity contribution in [3.63, 3.8) is 0 Å². The predicted octanol–water partition coefficient (Wildman–Crippen LogP) is 2.69. The molecule has 1 aromatic heterocycles. The summed E-state index contributed by atoms with van der Waals surface area (Å²) in [7, 11) is -3.67. The number of hydrogen-bond acceptors (Lipinski definition) is 4. The highest BCUT2D eigenvalue weighted by atomic mass is 32.2. The summed E-state index contributed by atoms with van der Waals surface area (Å²) in [5, 5.41) is 8.93. The van der Waals surface area contributed by atoms with E-state index >= 15 is 0 Å². The van der Waals surface area contributed by atoms with Crippen LogP contribution >= 0.6 is 0 Å². The maximum Gasteiger partial charge on any atom is 0.181 e. The Morgan fingerprint density at radius 1 is 1.29 bits per heavy atom. The van der Waals surface area contributed by atoms with Crippen LogP contribution in [0.4, 0.5) is 8.78 Å². The van der Waals surface area contributed by atoms with Gasteiger partial charge >= 0.3 is 0 Å². The standard InChI is InChI=1S/C14H10F2N2O2S/c1-2-21(19,20)14-5-9(8-18-13(14)7-17)11-4-3-10(15)6-12(11)16/h3-6,8H,2H2,1H3. The van der Waals surface area contributed by atoms with Crippen LogP contribution in [0.3, 0.4) is 0 Å². The molecule has 0 spiro atoms. The Kier molecular flexibility index (Phi) is 4.00. The molecule has 21 heavy (non-hydrogen) atoms. The first-order valence-corrected chi connectivity index (χ1v) is 7.62. The summed E-state index contributed by atoms with van der Waals surface area (Å²) in [4.78, 5) is 3.49. The lowest BCUT2D eigenvalue weighted by Crippen LogP contribution is -2.08. The number of aromatic nitrogens is 1. The average Bonchev–Trinajstić information content (AvgIpc) is 2.46. The Labute approximate surface area is 120 Å². The number of halogens is 2. The van der Waals surface area contributed by atoms with Crippen molar-refractivity contribution in [2.75, 3.05) is 5.75 Å². The molecule has 1 aromatic carbocycles. The summed E-state index contributed by atoms with van der Waals surface area (Å²) in [6, 6.07) is 5.82. The van der Waals surface area contributed by atoms with Crippen LogP contribution in [0, 0.1) is 23.0 Å². The van der Waals surface area contributed by atoms with Crippen molar-refractivity contribution in [1.29, 1.82) is 5.26 Å². The molecule has 2 rings (SSSR count). The van der Waals surface area contributed by atoms with E-state index in [1.807, 2.05) is 0 Å². The normalized spacial score (nSPS) is 11.1. The molecule has 0 unspecified atom stereocenters. The van der Waals surface area contributed by atoms with Crippen molar-refractivity contribution in [2.24, 2.45) is 0 Å². The summed E-state index contributed by atoms with van der Waals surface area (Å²) < 4.78 is 50.6. The lowest BCUT2D eigenvalue weighted by Gasteiger charge is -2.08. The number of sulfone groups is 1. The van der Waals surface area contributed by atoms with Crippen molar-refractivity contribution < 1.29 is 17.2 Å². The van der Waals surface area contributed by atoms with Gasteiger partial charge in [-0.05, 0) is 18.2 Å². The van der Waals surface area contributed by atoms with E-state index in [0.717, 1.165) is 6.07 Å². The molecule has 7 heteroatoms. The van der Waals surface area contributed by atoms with Crippen molar-refractivity contribution in [3.05, 3.63) is 47.8 Å². The van der Waals surface area contributed by atoms with E-state index in [0.29, 0.717) is 6.07 Å². The zero-order chi connectivity index (χ0) is 15.6. The van der Waals surface area contributed by atoms with Crippen molar-refractivity contribution in [3.8, 4) is 17.2 Å². The molecule has 0 amide bonds. The van der Waals surface area contributed by atoms with E-state index in [4.69, 9.17) is 5.26 Å². The summed E-state index contributed by atoms with van der Waals surface area (Å²) in [6.45, 7) is 1.43. The highest BCUT2D eigenvalue weighted by molar-refractivity contribution is 7.91. The van der Waals surface area contributed by atoms with E-state index < -0.39 is 21.5 Å². The van der Waals surface area contributed by atoms with Crippen LogP contribution < -0.4 is 0 Å². The molecule has 0 N–H and O–H groups in total. The minimum atomic E-state index is -3.67. The van der Waals surface area contributed by atoms with E-state index in [2.05, 4.69) is 4.98 Å². The number of nitriles is 1. The van der Waals surface area contributed by atoms with Gasteiger partial charge in [-0.15, -0.1) is 0 Å². The van der Waals surface area contributed by atoms with E-state index in [9.17, 15) is 17.2 Å². The van der Waals surface area contributed by atoms with Gasteiger partial charge < -0.3 is 0 Å². The smallest absolute Gasteiger partial charge is 0.181 e. The fourth-order valence-corrected chi connectivity index (χ4v) is 2.80. The molecular formula is C14H10F2N2O2S. The van der Waals surface area contributed by atoms with Gasteiger partial charge in [0.1, 0.15) is 22.6 Å². The molecular weight excluding hydrogens is 298 g/mol. The fourth-order valence-electron chi connectivity index (χ4n) is 1.79. The Morgan fingerprint density at radius 2 is 2.00 bits per heavy atom. The lowest BCUT2D eigenvalue weighted by molar-refractivity contribution is 0.585. The second-order valence-corrected chi connectivity index (χ2v) is 6.46. The second-order valence-electron chi connectivity index (χ2n) is 4.21. The third-order valence-electron chi connectivity index (χ3n) is 2.92. The summed E-state index contributed by atoms with van der Waals surface area (Å²) >= 11 is 0. The molecule has 4 nitrogen and oxygen atoms in total. The molecule has 0 aliphatic heterocycles. The largest absolute Gasteiger partial charge is 0.244 e. The van der Waals surface area contributed by atoms with Gasteiger partial charge in [-0.3, -0.25) is 0 Å². The fraction of sp³-hybridized carbons (Fsp3) is 0.143. The Balaban J connectivity index is 2.68. The summed E-state index contributed by atoms with van der Waals surface area (Å²) in [6.07, 6.45) is 1.18. The topological polar surface area (TPSA) is 70.8 Å². The highest BCUT2D eigenvalue weighted by Gasteiger charge is 2.20. The first-order valence-electron chi connectivity index (χ1n) is 5.97. The van der Waals surface area contributed by atoms with E-state index in [1.165, 1.54) is 25.3 Å². The number of pyridine rings is 1. The Morgan fingerprint density at radius 3 is 2.57 bits per heavy atom. The SMILES string of the molecule is CCS(=O)(=O)c1cc(-c2ccc(F)cc2F)cnc1C#N. The third kappa shape index (κ3) is 2.90. The van der Waals surface area contributed by atoms with Gasteiger partial charge in [0, 0.05) is 23.4 Å². The summed E-state index contributed by atoms with van der Waals surface area (Å²) in [5.74, 6) is -1.78. The second kappa shape index (κ2) is 5.58. The Hall–Kier alpha value is -2.33. The molecule has 0 saturated heterocycles. The molecule has 2 aromatic rings. The lowest BCUT2D eigenvalue weighted by atomic mass is 10.1. The third-order valence-corrected chi connectivity index (χ3v) is 4.66. The molecule has 0 bridgehead atoms. The van der Waals surface area contributed by atoms with Gasteiger partial charge in [0.2, 0.25) is 0 Å². The molecule has 0 radical (unpaired) electrons. The minimum absolute atomic E-state index is 0.0148. The summed E-state index contributed by atoms with van der Waals surface area (Å²) in [5.41, 5.74) is -0.0670. The van der Waals surface area contributed by atoms with Gasteiger partial charge in [0.25, 0.3) is 0 Å². The van der Waals surface area contributed by atoms with Gasteiger partial charge in [0.15, 0.2) is 15.5 Å². The minimum Gasteiger partial charge on any atom is -0.244 e. The van der Waals surface area contributed by atoms with Crippen LogP contribution in [-0.4, -0.2) is 19.2 Å². The maximum absolute atomic E-state index is 13.7. The molecule has 0 aliphatic rings. The van der Waals surface area contributed by atoms with Crippen LogP contribution in [0.1, 0.15) is 12.6 Å². The zero-order valence-corrected chi connectivity index (χ0v) is 11.8. The van der Waals surface area contributed by atoms with Gasteiger partial charge in [0.05, 0.1) is 5.75 Å². The van der Waals surface area contributed by atoms with Crippen molar-refractivity contribution in [1.82, 2.24) is 4.98 Å². The average molecular weight is 308 g/mol. The first-order chi connectivity index (χ1) is 9.89. The molecule has 0 saturated carbocycles. The molecule has 108 valence electrons. The zero-order valence-electron chi connectivity index (χ0n) is 11.0. The van der Waals surface area contributed by atoms with Crippen molar-refractivity contribution >= 4 is 9.84 Å². The van der Waals surface area contributed by atoms with Crippen LogP contribution in [0.15, 0.2) is 35.4 Å². The highest BCUT2D eigenvalue weighted by Crippen LogP contribution is 2.26. The number of nitrogens with zero attached hydrogens (tertiary/aromatic N) is 2. The molecule has 0 atom stereocenters. The molecule has 0 fully saturated rings. The van der Waals surface area contributed by atoms with Crippen LogP contribution in [-0.2, 0) is 9.84 Å². The Bertz CT molecular complexity index is 843. The van der Waals surface area contributed by atoms with Gasteiger partial charge in [-0.2, -0.15) is 5.26 Å². The quantitative estimate of drug-likeness (QED) is 0.874. The van der Waals surface area contributed by atoms with E-state index in [1.54, 1.807) is 6.07 Å². The molecule has 1 heterocycles. The van der Waals surface area contributed by atoms with Crippen LogP contribution in [0.25, 0.3) is 11.1 Å². The maximum atomic E-state index is 13.7. The first kappa shape index (κ1) is 15.1. The van der Waals surface area contributed by atoms with E-state index in [-0.39, 0.29) is 27.5 Å². The molecule has 0 aliphatic carbocycles. The number of benzene rings is 1. The number of rotatable bonds is 3.